The minimum Gasteiger partial charge on any atom is -0.336 e. The summed E-state index contributed by atoms with van der Waals surface area (Å²) in [6.45, 7) is 7.88. The Morgan fingerprint density at radius 3 is 2.80 bits per heavy atom. The van der Waals surface area contributed by atoms with Gasteiger partial charge in [-0.05, 0) is 56.4 Å². The zero-order chi connectivity index (χ0) is 25.1. The second-order valence-electron chi connectivity index (χ2n) is 8.34. The molecule has 1 amide bonds. The quantitative estimate of drug-likeness (QED) is 0.456. The van der Waals surface area contributed by atoms with Gasteiger partial charge in [-0.25, -0.2) is 9.37 Å². The van der Waals surface area contributed by atoms with Crippen molar-refractivity contribution in [2.45, 2.75) is 6.42 Å². The van der Waals surface area contributed by atoms with Gasteiger partial charge >= 0.3 is 0 Å². The molecule has 3 N–H and O–H groups in total. The van der Waals surface area contributed by atoms with E-state index in [4.69, 9.17) is 0 Å². The van der Waals surface area contributed by atoms with Crippen molar-refractivity contribution in [1.82, 2.24) is 19.9 Å². The molecule has 4 rings (SSSR count). The molecule has 3 heterocycles. The molecule has 2 aromatic heterocycles. The molecule has 0 radical (unpaired) electrons. The van der Waals surface area contributed by atoms with Crippen molar-refractivity contribution < 1.29 is 9.18 Å². The number of halogens is 1. The first-order valence-corrected chi connectivity index (χ1v) is 10.9. The summed E-state index contributed by atoms with van der Waals surface area (Å²) in [7, 11) is 3.74. The van der Waals surface area contributed by atoms with Crippen LogP contribution in [0.5, 0.6) is 0 Å². The van der Waals surface area contributed by atoms with Crippen LogP contribution in [0.15, 0.2) is 54.5 Å². The van der Waals surface area contributed by atoms with Crippen LogP contribution >= 0.6 is 0 Å². The number of pyridine rings is 1. The van der Waals surface area contributed by atoms with Gasteiger partial charge in [0.15, 0.2) is 0 Å². The number of H-pyrrole nitrogens is 1. The van der Waals surface area contributed by atoms with Crippen LogP contribution in [-0.2, 0) is 11.2 Å². The first-order chi connectivity index (χ1) is 16.7. The molecule has 1 aliphatic rings. The normalized spacial score (nSPS) is 12.4. The maximum absolute atomic E-state index is 13.6. The molecule has 10 heteroatoms. The number of likely N-dealkylation sites (N-methyl/N-ethyl adjacent to an activating group) is 1. The van der Waals surface area contributed by atoms with Crippen LogP contribution in [0.1, 0.15) is 16.8 Å². The van der Waals surface area contributed by atoms with Crippen LogP contribution in [0, 0.1) is 0 Å². The number of aromatic nitrogens is 3. The predicted molar refractivity (Wildman–Crippen MR) is 137 cm³/mol. The summed E-state index contributed by atoms with van der Waals surface area (Å²) < 4.78 is 13.6. The number of anilines is 5. The Hall–Kier alpha value is -4.31. The summed E-state index contributed by atoms with van der Waals surface area (Å²) in [5.41, 5.74) is 2.78. The van der Waals surface area contributed by atoms with Crippen LogP contribution in [0.4, 0.5) is 33.2 Å². The van der Waals surface area contributed by atoms with E-state index in [-0.39, 0.29) is 17.3 Å². The number of hydrogen-bond donors (Lipinski definition) is 3. The highest BCUT2D eigenvalue weighted by Crippen LogP contribution is 2.31. The lowest BCUT2D eigenvalue weighted by Crippen LogP contribution is -2.36. The maximum Gasteiger partial charge on any atom is 0.272 e. The third-order valence-electron chi connectivity index (χ3n) is 5.46. The smallest absolute Gasteiger partial charge is 0.272 e. The minimum absolute atomic E-state index is 0.0146. The number of fused-ring (bicyclic) bond motifs is 1. The number of carbonyl (C=O) groups is 1. The fourth-order valence-electron chi connectivity index (χ4n) is 3.87. The lowest BCUT2D eigenvalue weighted by atomic mass is 10.1. The van der Waals surface area contributed by atoms with Gasteiger partial charge in [0.05, 0.1) is 12.2 Å². The SMILES string of the molecule is C=Cc1cc(Nc2ccnc(Nc3ccc4c(c3)CCN4C(=O)CN(C)C)n2)c(=O)[nH]c1C(=C)F. The number of carbonyl (C=O) groups excluding carboxylic acids is 1. The van der Waals surface area contributed by atoms with E-state index in [1.54, 1.807) is 17.2 Å². The average molecular weight is 476 g/mol. The lowest BCUT2D eigenvalue weighted by molar-refractivity contribution is -0.119. The fraction of sp³-hybridized carbons (Fsp3) is 0.200. The summed E-state index contributed by atoms with van der Waals surface area (Å²) in [5.74, 6) is 0.00528. The molecule has 9 nitrogen and oxygen atoms in total. The molecule has 180 valence electrons. The summed E-state index contributed by atoms with van der Waals surface area (Å²) in [4.78, 5) is 39.6. The van der Waals surface area contributed by atoms with Crippen molar-refractivity contribution in [3.05, 3.63) is 76.9 Å². The van der Waals surface area contributed by atoms with Gasteiger partial charge in [-0.15, -0.1) is 0 Å². The van der Waals surface area contributed by atoms with E-state index in [1.807, 2.05) is 37.2 Å². The van der Waals surface area contributed by atoms with Gasteiger partial charge in [0.1, 0.15) is 17.3 Å². The van der Waals surface area contributed by atoms with E-state index < -0.39 is 11.4 Å². The molecular weight excluding hydrogens is 449 g/mol. The maximum atomic E-state index is 13.6. The van der Waals surface area contributed by atoms with Crippen molar-refractivity contribution >= 4 is 46.6 Å². The van der Waals surface area contributed by atoms with Crippen molar-refractivity contribution in [1.29, 1.82) is 0 Å². The Labute approximate surface area is 202 Å². The van der Waals surface area contributed by atoms with E-state index in [1.165, 1.54) is 12.1 Å². The molecule has 0 fully saturated rings. The van der Waals surface area contributed by atoms with Crippen LogP contribution in [0.25, 0.3) is 11.9 Å². The van der Waals surface area contributed by atoms with E-state index in [9.17, 15) is 14.0 Å². The summed E-state index contributed by atoms with van der Waals surface area (Å²) in [6.07, 6.45) is 3.74. The second kappa shape index (κ2) is 9.90. The molecule has 1 aromatic carbocycles. The van der Waals surface area contributed by atoms with E-state index in [2.05, 4.69) is 38.7 Å². The summed E-state index contributed by atoms with van der Waals surface area (Å²) in [5, 5.41) is 6.09. The molecular formula is C25H26FN7O2. The van der Waals surface area contributed by atoms with Gasteiger partial charge in [0.2, 0.25) is 11.9 Å². The first kappa shape index (κ1) is 23.8. The molecule has 0 atom stereocenters. The third-order valence-corrected chi connectivity index (χ3v) is 5.46. The first-order valence-electron chi connectivity index (χ1n) is 10.9. The van der Waals surface area contributed by atoms with Gasteiger partial charge < -0.3 is 25.4 Å². The number of hydrogen-bond acceptors (Lipinski definition) is 7. The number of aromatic amines is 1. The van der Waals surface area contributed by atoms with Crippen molar-refractivity contribution in [2.24, 2.45) is 0 Å². The minimum atomic E-state index is -0.753. The number of amides is 1. The fourth-order valence-corrected chi connectivity index (χ4v) is 3.87. The molecule has 0 unspecified atom stereocenters. The predicted octanol–water partition coefficient (Wildman–Crippen LogP) is 3.69. The third kappa shape index (κ3) is 5.28. The second-order valence-corrected chi connectivity index (χ2v) is 8.34. The summed E-state index contributed by atoms with van der Waals surface area (Å²) in [6, 6.07) is 8.84. The van der Waals surface area contributed by atoms with Crippen LogP contribution in [-0.4, -0.2) is 52.9 Å². The Bertz CT molecular complexity index is 1370. The standard InChI is InChI=1S/C25H26FN7O2/c1-5-16-13-19(24(35)31-23(16)15(2)26)29-21-8-10-27-25(30-21)28-18-6-7-20-17(12-18)9-11-33(20)22(34)14-32(3)4/h5-8,10,12-13H,1-2,9,11,14H2,3-4H3,(H,31,35)(H2,27,28,29,30). The largest absolute Gasteiger partial charge is 0.336 e. The lowest BCUT2D eigenvalue weighted by Gasteiger charge is -2.20. The number of benzene rings is 1. The Balaban J connectivity index is 1.51. The van der Waals surface area contributed by atoms with Gasteiger partial charge in [-0.2, -0.15) is 4.98 Å². The Morgan fingerprint density at radius 2 is 2.09 bits per heavy atom. The highest BCUT2D eigenvalue weighted by Gasteiger charge is 2.25. The van der Waals surface area contributed by atoms with Crippen molar-refractivity contribution in [2.75, 3.05) is 42.7 Å². The average Bonchev–Trinajstić information content (AvgIpc) is 3.23. The highest BCUT2D eigenvalue weighted by molar-refractivity contribution is 5.97. The molecule has 0 aliphatic carbocycles. The molecule has 35 heavy (non-hydrogen) atoms. The molecule has 1 aliphatic heterocycles. The number of nitrogens with one attached hydrogen (secondary N) is 3. The number of rotatable bonds is 8. The van der Waals surface area contributed by atoms with Crippen LogP contribution in [0.3, 0.4) is 0 Å². The molecule has 0 bridgehead atoms. The van der Waals surface area contributed by atoms with Gasteiger partial charge in [0, 0.05) is 29.7 Å². The van der Waals surface area contributed by atoms with Gasteiger partial charge in [-0.1, -0.05) is 19.2 Å². The van der Waals surface area contributed by atoms with E-state index in [0.29, 0.717) is 30.4 Å². The number of nitrogens with zero attached hydrogens (tertiary/aromatic N) is 4. The van der Waals surface area contributed by atoms with Gasteiger partial charge in [0.25, 0.3) is 5.56 Å². The molecule has 3 aromatic rings. The van der Waals surface area contributed by atoms with Gasteiger partial charge in [-0.3, -0.25) is 9.59 Å². The molecule has 0 spiro atoms. The highest BCUT2D eigenvalue weighted by atomic mass is 19.1. The zero-order valence-electron chi connectivity index (χ0n) is 19.6. The Morgan fingerprint density at radius 1 is 1.29 bits per heavy atom. The topological polar surface area (TPSA) is 106 Å². The monoisotopic (exact) mass is 475 g/mol. The van der Waals surface area contributed by atoms with Crippen molar-refractivity contribution in [3.63, 3.8) is 0 Å². The van der Waals surface area contributed by atoms with Crippen LogP contribution in [0.2, 0.25) is 0 Å². The van der Waals surface area contributed by atoms with E-state index >= 15 is 0 Å². The zero-order valence-corrected chi connectivity index (χ0v) is 19.6. The van der Waals surface area contributed by atoms with Crippen molar-refractivity contribution in [3.8, 4) is 0 Å². The van der Waals surface area contributed by atoms with Crippen LogP contribution < -0.4 is 21.1 Å². The molecule has 0 saturated carbocycles. The summed E-state index contributed by atoms with van der Waals surface area (Å²) >= 11 is 0. The molecule has 0 saturated heterocycles. The Kier molecular flexibility index (Phi) is 6.74. The van der Waals surface area contributed by atoms with E-state index in [0.717, 1.165) is 23.4 Å².